The van der Waals surface area contributed by atoms with Gasteiger partial charge < -0.3 is 4.98 Å². The van der Waals surface area contributed by atoms with Crippen molar-refractivity contribution in [3.05, 3.63) is 123 Å². The number of aromatic nitrogens is 1. The molecule has 0 spiro atoms. The summed E-state index contributed by atoms with van der Waals surface area (Å²) in [6.07, 6.45) is 19.5. The number of hydrogen-bond acceptors (Lipinski definition) is 0. The van der Waals surface area contributed by atoms with E-state index in [2.05, 4.69) is 67.1 Å². The summed E-state index contributed by atoms with van der Waals surface area (Å²) in [4.78, 5) is 3.57. The predicted octanol–water partition coefficient (Wildman–Crippen LogP) is 6.46. The number of hydrogen-bond donors (Lipinski definition) is 1. The normalized spacial score (nSPS) is 16.6. The standard InChI is InChI=1S/C20H15ClN.C5H5.Fe/c21-16-11-9-15(10-12-16)20-18(13-14-5-1-2-6-14)17-7-3-4-8-19(17)22-20;1-2-4-5-3-1;/h1-12,22H,13H2;1-5H;/q;;+2. The average molecular weight is 426 g/mol. The summed E-state index contributed by atoms with van der Waals surface area (Å²) in [6.45, 7) is 0. The van der Waals surface area contributed by atoms with Crippen LogP contribution in [0, 0.1) is 63.7 Å². The fourth-order valence-corrected chi connectivity index (χ4v) is 3.43. The maximum atomic E-state index is 6.02. The van der Waals surface area contributed by atoms with Crippen LogP contribution in [0.1, 0.15) is 5.56 Å². The number of fused-ring (bicyclic) bond motifs is 1. The van der Waals surface area contributed by atoms with Crippen LogP contribution in [0.15, 0.2) is 48.5 Å². The SMILES string of the molecule is Clc1ccc(-c2[nH]c3ccccc3c2C[C]2[CH][CH][CH][CH]2)cc1.[CH]1[CH][CH][CH][CH]1.[Fe+2]. The quantitative estimate of drug-likeness (QED) is 0.464. The minimum Gasteiger partial charge on any atom is -0.354 e. The molecule has 3 aromatic rings. The fraction of sp³-hybridized carbons (Fsp3) is 0.0400. The van der Waals surface area contributed by atoms with Crippen molar-refractivity contribution < 1.29 is 17.1 Å². The summed E-state index contributed by atoms with van der Waals surface area (Å²) < 4.78 is 0. The Morgan fingerprint density at radius 2 is 1.32 bits per heavy atom. The monoisotopic (exact) mass is 425 g/mol. The van der Waals surface area contributed by atoms with Gasteiger partial charge in [0.25, 0.3) is 0 Å². The molecule has 28 heavy (non-hydrogen) atoms. The van der Waals surface area contributed by atoms with E-state index in [9.17, 15) is 0 Å². The van der Waals surface area contributed by atoms with Crippen LogP contribution in [0.5, 0.6) is 0 Å². The smallest absolute Gasteiger partial charge is 0.354 e. The first-order chi connectivity index (χ1) is 13.3. The number of para-hydroxylation sites is 1. The Morgan fingerprint density at radius 3 is 1.96 bits per heavy atom. The Kier molecular flexibility index (Phi) is 8.09. The molecule has 1 aromatic heterocycles. The van der Waals surface area contributed by atoms with E-state index < -0.39 is 0 Å². The molecule has 2 aliphatic carbocycles. The van der Waals surface area contributed by atoms with E-state index in [0.29, 0.717) is 0 Å². The van der Waals surface area contributed by atoms with Crippen molar-refractivity contribution in [2.45, 2.75) is 6.42 Å². The molecule has 0 unspecified atom stereocenters. The van der Waals surface area contributed by atoms with Crippen molar-refractivity contribution in [3.8, 4) is 11.3 Å². The molecule has 0 atom stereocenters. The van der Waals surface area contributed by atoms with Gasteiger partial charge in [-0.05, 0) is 99.5 Å². The van der Waals surface area contributed by atoms with Gasteiger partial charge in [0.05, 0.1) is 0 Å². The minimum atomic E-state index is 0. The molecule has 0 aliphatic heterocycles. The summed E-state index contributed by atoms with van der Waals surface area (Å²) in [5, 5.41) is 2.05. The summed E-state index contributed by atoms with van der Waals surface area (Å²) >= 11 is 6.02. The van der Waals surface area contributed by atoms with Gasteiger partial charge in [0.2, 0.25) is 0 Å². The van der Waals surface area contributed by atoms with Gasteiger partial charge in [0.15, 0.2) is 0 Å². The molecule has 0 saturated heterocycles. The first kappa shape index (κ1) is 21.5. The molecule has 1 N–H and O–H groups in total. The van der Waals surface area contributed by atoms with Crippen molar-refractivity contribution in [1.82, 2.24) is 4.98 Å². The number of nitrogens with one attached hydrogen (secondary N) is 1. The molecule has 1 nitrogen and oxygen atoms in total. The van der Waals surface area contributed by atoms with Crippen LogP contribution in [0.3, 0.4) is 0 Å². The molecule has 0 bridgehead atoms. The zero-order valence-corrected chi connectivity index (χ0v) is 17.1. The summed E-state index contributed by atoms with van der Waals surface area (Å²) in [5.41, 5.74) is 4.86. The van der Waals surface area contributed by atoms with Gasteiger partial charge in [-0.25, -0.2) is 0 Å². The first-order valence-electron chi connectivity index (χ1n) is 9.04. The van der Waals surface area contributed by atoms with Gasteiger partial charge in [0, 0.05) is 21.6 Å². The van der Waals surface area contributed by atoms with E-state index in [4.69, 9.17) is 11.6 Å². The number of rotatable bonds is 3. The average Bonchev–Trinajstić information content (AvgIpc) is 3.47. The third-order valence-electron chi connectivity index (χ3n) is 4.61. The van der Waals surface area contributed by atoms with Crippen LogP contribution in [0.25, 0.3) is 22.2 Å². The number of benzene rings is 2. The van der Waals surface area contributed by atoms with Crippen molar-refractivity contribution in [2.24, 2.45) is 0 Å². The van der Waals surface area contributed by atoms with Gasteiger partial charge in [-0.3, -0.25) is 0 Å². The van der Waals surface area contributed by atoms with Crippen LogP contribution in [-0.4, -0.2) is 4.98 Å². The second-order valence-corrected chi connectivity index (χ2v) is 6.90. The topological polar surface area (TPSA) is 15.8 Å². The third kappa shape index (κ3) is 5.23. The molecule has 2 aromatic carbocycles. The van der Waals surface area contributed by atoms with Gasteiger partial charge in [-0.1, -0.05) is 41.9 Å². The van der Waals surface area contributed by atoms with Gasteiger partial charge in [-0.2, -0.15) is 0 Å². The Morgan fingerprint density at radius 1 is 0.714 bits per heavy atom. The Hall–Kier alpha value is -1.21. The van der Waals surface area contributed by atoms with Crippen LogP contribution >= 0.6 is 11.6 Å². The van der Waals surface area contributed by atoms with Crippen molar-refractivity contribution in [3.63, 3.8) is 0 Å². The maximum Gasteiger partial charge on any atom is 2.00 e. The van der Waals surface area contributed by atoms with E-state index in [0.717, 1.165) is 11.4 Å². The third-order valence-corrected chi connectivity index (χ3v) is 4.87. The molecular formula is C25H20ClFeN+2. The Bertz CT molecular complexity index is 850. The molecule has 3 heteroatoms. The van der Waals surface area contributed by atoms with Crippen molar-refractivity contribution >= 4 is 22.5 Å². The molecule has 2 aliphatic rings. The van der Waals surface area contributed by atoms with Gasteiger partial charge in [-0.15, -0.1) is 0 Å². The van der Waals surface area contributed by atoms with E-state index in [1.807, 2.05) is 44.2 Å². The molecule has 1 heterocycles. The first-order valence-corrected chi connectivity index (χ1v) is 9.42. The van der Waals surface area contributed by atoms with E-state index in [1.165, 1.54) is 33.6 Å². The molecular weight excluding hydrogens is 406 g/mol. The number of H-pyrrole nitrogens is 1. The number of halogens is 1. The van der Waals surface area contributed by atoms with Crippen molar-refractivity contribution in [1.29, 1.82) is 0 Å². The number of aromatic amines is 1. The summed E-state index contributed by atoms with van der Waals surface area (Å²) in [5.74, 6) is 1.33. The van der Waals surface area contributed by atoms with E-state index in [-0.39, 0.29) is 17.1 Å². The summed E-state index contributed by atoms with van der Waals surface area (Å²) in [7, 11) is 0. The second-order valence-electron chi connectivity index (χ2n) is 6.46. The van der Waals surface area contributed by atoms with Gasteiger partial charge >= 0.3 is 17.1 Å². The van der Waals surface area contributed by atoms with Gasteiger partial charge in [0.1, 0.15) is 0 Å². The Labute approximate surface area is 184 Å². The molecule has 138 valence electrons. The molecule has 2 fully saturated rings. The van der Waals surface area contributed by atoms with Crippen LogP contribution in [0.4, 0.5) is 0 Å². The van der Waals surface area contributed by atoms with Crippen LogP contribution in [0.2, 0.25) is 5.02 Å². The zero-order valence-electron chi connectivity index (χ0n) is 15.3. The van der Waals surface area contributed by atoms with Crippen molar-refractivity contribution in [2.75, 3.05) is 0 Å². The largest absolute Gasteiger partial charge is 2.00 e. The second kappa shape index (κ2) is 10.5. The molecule has 10 radical (unpaired) electrons. The molecule has 5 rings (SSSR count). The maximum absolute atomic E-state index is 6.02. The molecule has 2 saturated carbocycles. The minimum absolute atomic E-state index is 0. The van der Waals surface area contributed by atoms with Crippen LogP contribution in [-0.2, 0) is 23.5 Å². The predicted molar refractivity (Wildman–Crippen MR) is 114 cm³/mol. The van der Waals surface area contributed by atoms with E-state index in [1.54, 1.807) is 0 Å². The molecule has 0 amide bonds. The van der Waals surface area contributed by atoms with Crippen LogP contribution < -0.4 is 0 Å². The summed E-state index contributed by atoms with van der Waals surface area (Å²) in [6, 6.07) is 16.5. The Balaban J connectivity index is 0.000000329. The zero-order chi connectivity index (χ0) is 18.5. The fourth-order valence-electron chi connectivity index (χ4n) is 3.30. The van der Waals surface area contributed by atoms with E-state index >= 15 is 0 Å².